The first kappa shape index (κ1) is 9.70. The first-order chi connectivity index (χ1) is 5.58. The van der Waals surface area contributed by atoms with Crippen LogP contribution < -0.4 is 11.2 Å². The van der Waals surface area contributed by atoms with Crippen LogP contribution in [0, 0.1) is 0 Å². The second-order valence-corrected chi connectivity index (χ2v) is 3.58. The van der Waals surface area contributed by atoms with Crippen molar-refractivity contribution in [1.82, 2.24) is 10.4 Å². The highest BCUT2D eigenvalue weighted by Crippen LogP contribution is 2.07. The zero-order chi connectivity index (χ0) is 9.14. The van der Waals surface area contributed by atoms with E-state index in [-0.39, 0.29) is 12.2 Å². The van der Waals surface area contributed by atoms with Gasteiger partial charge in [-0.3, -0.25) is 5.43 Å². The molecule has 1 fully saturated rings. The number of thiocarbonyl (C=S) groups is 1. The molecule has 70 valence electrons. The van der Waals surface area contributed by atoms with Crippen molar-refractivity contribution in [1.29, 1.82) is 0 Å². The lowest BCUT2D eigenvalue weighted by molar-refractivity contribution is -0.0764. The molecule has 1 heterocycles. The lowest BCUT2D eigenvalue weighted by Crippen LogP contribution is -2.54. The van der Waals surface area contributed by atoms with E-state index in [0.29, 0.717) is 5.11 Å². The number of nitrogens with two attached hydrogens (primary N) is 1. The monoisotopic (exact) mass is 189 g/mol. The van der Waals surface area contributed by atoms with E-state index in [2.05, 4.69) is 5.43 Å². The predicted molar refractivity (Wildman–Crippen MR) is 51.5 cm³/mol. The fraction of sp³-hybridized carbons (Fsp3) is 0.857. The van der Waals surface area contributed by atoms with Crippen LogP contribution in [0.15, 0.2) is 0 Å². The van der Waals surface area contributed by atoms with Gasteiger partial charge < -0.3 is 10.5 Å². The largest absolute Gasteiger partial charge is 0.375 e. The zero-order valence-corrected chi connectivity index (χ0v) is 8.23. The van der Waals surface area contributed by atoms with E-state index in [1.54, 1.807) is 0 Å². The zero-order valence-electron chi connectivity index (χ0n) is 7.41. The van der Waals surface area contributed by atoms with Gasteiger partial charge in [-0.05, 0) is 26.1 Å². The lowest BCUT2D eigenvalue weighted by Gasteiger charge is -2.35. The molecule has 0 spiro atoms. The maximum Gasteiger partial charge on any atom is 0.178 e. The Kier molecular flexibility index (Phi) is 3.25. The molecular formula is C7H15N3OS. The van der Waals surface area contributed by atoms with Gasteiger partial charge in [-0.25, -0.2) is 5.01 Å². The molecule has 0 aliphatic carbocycles. The Morgan fingerprint density at radius 3 is 2.42 bits per heavy atom. The van der Waals surface area contributed by atoms with Gasteiger partial charge in [-0.2, -0.15) is 0 Å². The molecule has 0 aromatic rings. The van der Waals surface area contributed by atoms with Crippen LogP contribution in [0.2, 0.25) is 0 Å². The van der Waals surface area contributed by atoms with Gasteiger partial charge in [0.15, 0.2) is 5.11 Å². The fourth-order valence-electron chi connectivity index (χ4n) is 1.43. The number of morpholine rings is 1. The summed E-state index contributed by atoms with van der Waals surface area (Å²) in [5.41, 5.74) is 8.26. The summed E-state index contributed by atoms with van der Waals surface area (Å²) in [6.45, 7) is 5.71. The molecule has 0 aromatic heterocycles. The third-order valence-electron chi connectivity index (χ3n) is 1.69. The maximum atomic E-state index is 5.53. The Hall–Kier alpha value is -0.390. The summed E-state index contributed by atoms with van der Waals surface area (Å²) < 4.78 is 5.53. The number of ether oxygens (including phenoxy) is 1. The molecule has 1 saturated heterocycles. The molecule has 4 nitrogen and oxygen atoms in total. The second kappa shape index (κ2) is 4.02. The maximum absolute atomic E-state index is 5.53. The molecule has 0 amide bonds. The van der Waals surface area contributed by atoms with Crippen molar-refractivity contribution in [2.75, 3.05) is 13.1 Å². The molecule has 0 radical (unpaired) electrons. The second-order valence-electron chi connectivity index (χ2n) is 3.14. The van der Waals surface area contributed by atoms with Crippen molar-refractivity contribution in [3.05, 3.63) is 0 Å². The van der Waals surface area contributed by atoms with Gasteiger partial charge in [0.25, 0.3) is 0 Å². The number of nitrogens with one attached hydrogen (secondary N) is 1. The molecule has 1 aliphatic rings. The number of nitrogens with zero attached hydrogens (tertiary/aromatic N) is 1. The van der Waals surface area contributed by atoms with Crippen molar-refractivity contribution in [3.8, 4) is 0 Å². The average Bonchev–Trinajstić information content (AvgIpc) is 1.81. The van der Waals surface area contributed by atoms with Crippen molar-refractivity contribution in [3.63, 3.8) is 0 Å². The Morgan fingerprint density at radius 2 is 2.00 bits per heavy atom. The van der Waals surface area contributed by atoms with E-state index >= 15 is 0 Å². The third kappa shape index (κ3) is 2.92. The molecule has 12 heavy (non-hydrogen) atoms. The van der Waals surface area contributed by atoms with Gasteiger partial charge in [-0.1, -0.05) is 0 Å². The molecule has 0 bridgehead atoms. The van der Waals surface area contributed by atoms with Crippen LogP contribution in [-0.4, -0.2) is 35.4 Å². The van der Waals surface area contributed by atoms with E-state index < -0.39 is 0 Å². The molecule has 2 atom stereocenters. The Labute approximate surface area is 78.0 Å². The summed E-state index contributed by atoms with van der Waals surface area (Å²) in [7, 11) is 0. The first-order valence-corrected chi connectivity index (χ1v) is 4.45. The minimum absolute atomic E-state index is 0.232. The standard InChI is InChI=1S/C7H15N3OS/c1-5-3-10(9-7(8)12)4-6(2)11-5/h5-6H,3-4H2,1-2H3,(H3,8,9,12). The number of hydrogen-bond donors (Lipinski definition) is 2. The van der Waals surface area contributed by atoms with Crippen molar-refractivity contribution in [2.45, 2.75) is 26.1 Å². The molecule has 1 aliphatic heterocycles. The van der Waals surface area contributed by atoms with Crippen molar-refractivity contribution >= 4 is 17.3 Å². The van der Waals surface area contributed by atoms with Crippen LogP contribution in [0.25, 0.3) is 0 Å². The van der Waals surface area contributed by atoms with Gasteiger partial charge in [0.05, 0.1) is 12.2 Å². The fourth-order valence-corrected chi connectivity index (χ4v) is 1.55. The first-order valence-electron chi connectivity index (χ1n) is 4.04. The number of hydrazine groups is 1. The van der Waals surface area contributed by atoms with Crippen molar-refractivity contribution in [2.24, 2.45) is 5.73 Å². The molecular weight excluding hydrogens is 174 g/mol. The highest BCUT2D eigenvalue weighted by atomic mass is 32.1. The topological polar surface area (TPSA) is 50.5 Å². The third-order valence-corrected chi connectivity index (χ3v) is 1.78. The van der Waals surface area contributed by atoms with Crippen LogP contribution in [0.5, 0.6) is 0 Å². The smallest absolute Gasteiger partial charge is 0.178 e. The van der Waals surface area contributed by atoms with Gasteiger partial charge in [0.1, 0.15) is 0 Å². The Balaban J connectivity index is 2.38. The summed E-state index contributed by atoms with van der Waals surface area (Å²) in [4.78, 5) is 0. The van der Waals surface area contributed by atoms with Crippen LogP contribution in [0.3, 0.4) is 0 Å². The normalized spacial score (nSPS) is 31.5. The average molecular weight is 189 g/mol. The highest BCUT2D eigenvalue weighted by molar-refractivity contribution is 7.80. The minimum Gasteiger partial charge on any atom is -0.375 e. The molecule has 3 N–H and O–H groups in total. The Bertz CT molecular complexity index is 166. The van der Waals surface area contributed by atoms with E-state index in [4.69, 9.17) is 22.7 Å². The van der Waals surface area contributed by atoms with Crippen LogP contribution in [-0.2, 0) is 4.74 Å². The highest BCUT2D eigenvalue weighted by Gasteiger charge is 2.21. The van der Waals surface area contributed by atoms with Crippen molar-refractivity contribution < 1.29 is 4.74 Å². The summed E-state index contributed by atoms with van der Waals surface area (Å²) >= 11 is 4.74. The minimum atomic E-state index is 0.232. The summed E-state index contributed by atoms with van der Waals surface area (Å²) in [5, 5.41) is 2.30. The molecule has 1 rings (SSSR count). The quantitative estimate of drug-likeness (QED) is 0.562. The molecule has 2 unspecified atom stereocenters. The lowest BCUT2D eigenvalue weighted by atomic mass is 10.2. The van der Waals surface area contributed by atoms with Gasteiger partial charge >= 0.3 is 0 Å². The van der Waals surface area contributed by atoms with E-state index in [0.717, 1.165) is 13.1 Å². The SMILES string of the molecule is CC1CN(NC(N)=S)CC(C)O1. The summed E-state index contributed by atoms with van der Waals surface area (Å²) in [5.74, 6) is 0. The van der Waals surface area contributed by atoms with Gasteiger partial charge in [0, 0.05) is 13.1 Å². The van der Waals surface area contributed by atoms with Gasteiger partial charge in [-0.15, -0.1) is 0 Å². The molecule has 0 aromatic carbocycles. The van der Waals surface area contributed by atoms with E-state index in [1.807, 2.05) is 18.9 Å². The predicted octanol–water partition coefficient (Wildman–Crippen LogP) is -0.156. The number of rotatable bonds is 1. The molecule has 0 saturated carbocycles. The van der Waals surface area contributed by atoms with Crippen LogP contribution in [0.4, 0.5) is 0 Å². The van der Waals surface area contributed by atoms with E-state index in [1.165, 1.54) is 0 Å². The Morgan fingerprint density at radius 1 is 1.50 bits per heavy atom. The molecule has 5 heteroatoms. The number of hydrogen-bond acceptors (Lipinski definition) is 3. The van der Waals surface area contributed by atoms with E-state index in [9.17, 15) is 0 Å². The van der Waals surface area contributed by atoms with Gasteiger partial charge in [0.2, 0.25) is 0 Å². The van der Waals surface area contributed by atoms with Crippen LogP contribution >= 0.6 is 12.2 Å². The summed E-state index contributed by atoms with van der Waals surface area (Å²) in [6, 6.07) is 0. The summed E-state index contributed by atoms with van der Waals surface area (Å²) in [6.07, 6.45) is 0.464. The van der Waals surface area contributed by atoms with Crippen LogP contribution in [0.1, 0.15) is 13.8 Å².